The SMILES string of the molecule is CCC(=O)N(Cc1ccc(F)cc1)C1C=C(C(=O)NCCO)C2c3ccccc3OC2C1O. The number of nitrogens with zero attached hydrogens (tertiary/aromatic N) is 1. The number of hydrogen-bond acceptors (Lipinski definition) is 5. The van der Waals surface area contributed by atoms with Crippen molar-refractivity contribution in [1.82, 2.24) is 10.2 Å². The summed E-state index contributed by atoms with van der Waals surface area (Å²) in [5, 5.41) is 23.2. The maximum atomic E-state index is 13.4. The molecule has 1 aliphatic carbocycles. The van der Waals surface area contributed by atoms with Gasteiger partial charge in [-0.15, -0.1) is 0 Å². The number of aliphatic hydroxyl groups is 2. The van der Waals surface area contributed by atoms with Crippen LogP contribution in [0, 0.1) is 5.82 Å². The average Bonchev–Trinajstić information content (AvgIpc) is 3.22. The van der Waals surface area contributed by atoms with E-state index in [0.717, 1.165) is 5.56 Å². The topological polar surface area (TPSA) is 99.1 Å². The van der Waals surface area contributed by atoms with E-state index in [2.05, 4.69) is 5.32 Å². The molecule has 4 rings (SSSR count). The number of amides is 2. The average molecular weight is 454 g/mol. The number of ether oxygens (including phenoxy) is 1. The van der Waals surface area contributed by atoms with Crippen LogP contribution in [-0.2, 0) is 16.1 Å². The van der Waals surface area contributed by atoms with Crippen LogP contribution in [0.15, 0.2) is 60.2 Å². The van der Waals surface area contributed by atoms with Gasteiger partial charge in [-0.1, -0.05) is 37.3 Å². The van der Waals surface area contributed by atoms with E-state index in [-0.39, 0.29) is 43.7 Å². The van der Waals surface area contributed by atoms with Gasteiger partial charge in [0, 0.05) is 30.6 Å². The number of benzene rings is 2. The molecule has 1 heterocycles. The molecule has 4 atom stereocenters. The zero-order valence-corrected chi connectivity index (χ0v) is 18.3. The van der Waals surface area contributed by atoms with Crippen LogP contribution in [0.2, 0.25) is 0 Å². The first-order chi connectivity index (χ1) is 15.9. The summed E-state index contributed by atoms with van der Waals surface area (Å²) in [5.41, 5.74) is 1.86. The number of hydrogen-bond donors (Lipinski definition) is 3. The Hall–Kier alpha value is -3.23. The molecule has 0 fully saturated rings. The molecule has 2 aliphatic rings. The van der Waals surface area contributed by atoms with Gasteiger partial charge in [0.1, 0.15) is 23.8 Å². The van der Waals surface area contributed by atoms with Gasteiger partial charge >= 0.3 is 0 Å². The Labute approximate surface area is 191 Å². The largest absolute Gasteiger partial charge is 0.486 e. The molecule has 2 amide bonds. The van der Waals surface area contributed by atoms with Gasteiger partial charge in [0.2, 0.25) is 11.8 Å². The Bertz CT molecular complexity index is 1060. The Morgan fingerprint density at radius 2 is 1.88 bits per heavy atom. The summed E-state index contributed by atoms with van der Waals surface area (Å²) < 4.78 is 19.4. The molecule has 0 spiro atoms. The van der Waals surface area contributed by atoms with Gasteiger partial charge in [-0.25, -0.2) is 4.39 Å². The molecule has 1 aliphatic heterocycles. The van der Waals surface area contributed by atoms with Crippen molar-refractivity contribution < 1.29 is 28.9 Å². The van der Waals surface area contributed by atoms with Crippen LogP contribution in [-0.4, -0.2) is 58.3 Å². The summed E-state index contributed by atoms with van der Waals surface area (Å²) in [7, 11) is 0. The highest BCUT2D eigenvalue weighted by molar-refractivity contribution is 5.96. The smallest absolute Gasteiger partial charge is 0.247 e. The summed E-state index contributed by atoms with van der Waals surface area (Å²) in [6.45, 7) is 1.73. The van der Waals surface area contributed by atoms with Gasteiger partial charge in [0.15, 0.2) is 0 Å². The van der Waals surface area contributed by atoms with Gasteiger partial charge in [0.25, 0.3) is 0 Å². The Morgan fingerprint density at radius 1 is 1.15 bits per heavy atom. The molecule has 2 aromatic carbocycles. The molecule has 0 bridgehead atoms. The number of carbonyl (C=O) groups excluding carboxylic acids is 2. The van der Waals surface area contributed by atoms with Crippen molar-refractivity contribution >= 4 is 11.8 Å². The predicted molar refractivity (Wildman–Crippen MR) is 119 cm³/mol. The minimum absolute atomic E-state index is 0.0798. The first kappa shape index (κ1) is 22.9. The molecule has 7 nitrogen and oxygen atoms in total. The predicted octanol–water partition coefficient (Wildman–Crippen LogP) is 1.89. The van der Waals surface area contributed by atoms with E-state index >= 15 is 0 Å². The lowest BCUT2D eigenvalue weighted by molar-refractivity contribution is -0.137. The number of rotatable bonds is 7. The van der Waals surface area contributed by atoms with Crippen LogP contribution < -0.4 is 10.1 Å². The Morgan fingerprint density at radius 3 is 2.58 bits per heavy atom. The second-order valence-electron chi connectivity index (χ2n) is 8.18. The molecule has 0 radical (unpaired) electrons. The zero-order valence-electron chi connectivity index (χ0n) is 18.3. The monoisotopic (exact) mass is 454 g/mol. The van der Waals surface area contributed by atoms with E-state index in [1.807, 2.05) is 18.2 Å². The molecule has 0 saturated carbocycles. The lowest BCUT2D eigenvalue weighted by Crippen LogP contribution is -2.55. The number of para-hydroxylation sites is 1. The van der Waals surface area contributed by atoms with Gasteiger partial charge in [0.05, 0.1) is 18.6 Å². The molecule has 0 aromatic heterocycles. The van der Waals surface area contributed by atoms with E-state index in [4.69, 9.17) is 9.84 Å². The van der Waals surface area contributed by atoms with Crippen molar-refractivity contribution in [1.29, 1.82) is 0 Å². The summed E-state index contributed by atoms with van der Waals surface area (Å²) in [6.07, 6.45) is -0.0269. The Kier molecular flexibility index (Phi) is 6.76. The fourth-order valence-corrected chi connectivity index (χ4v) is 4.54. The fourth-order valence-electron chi connectivity index (χ4n) is 4.54. The van der Waals surface area contributed by atoms with E-state index < -0.39 is 24.2 Å². The molecule has 33 heavy (non-hydrogen) atoms. The Balaban J connectivity index is 1.74. The van der Waals surface area contributed by atoms with Crippen molar-refractivity contribution in [2.75, 3.05) is 13.2 Å². The lowest BCUT2D eigenvalue weighted by atomic mass is 9.77. The minimum atomic E-state index is -1.09. The van der Waals surface area contributed by atoms with Crippen LogP contribution in [0.1, 0.15) is 30.4 Å². The van der Waals surface area contributed by atoms with Crippen LogP contribution in [0.3, 0.4) is 0 Å². The van der Waals surface area contributed by atoms with E-state index in [0.29, 0.717) is 16.9 Å². The van der Waals surface area contributed by atoms with E-state index in [9.17, 15) is 19.1 Å². The third-order valence-electron chi connectivity index (χ3n) is 6.13. The number of halogens is 1. The molecule has 3 N–H and O–H groups in total. The van der Waals surface area contributed by atoms with Crippen LogP contribution in [0.25, 0.3) is 0 Å². The molecular formula is C25H27FN2O5. The van der Waals surface area contributed by atoms with Crippen molar-refractivity contribution in [3.63, 3.8) is 0 Å². The zero-order chi connectivity index (χ0) is 23.5. The molecule has 0 saturated heterocycles. The van der Waals surface area contributed by atoms with Crippen LogP contribution in [0.5, 0.6) is 5.75 Å². The van der Waals surface area contributed by atoms with Gasteiger partial charge in [-0.2, -0.15) is 0 Å². The van der Waals surface area contributed by atoms with Crippen LogP contribution >= 0.6 is 0 Å². The molecule has 4 unspecified atom stereocenters. The van der Waals surface area contributed by atoms with Crippen molar-refractivity contribution in [2.24, 2.45) is 0 Å². The summed E-state index contributed by atoms with van der Waals surface area (Å²) in [4.78, 5) is 27.5. The molecular weight excluding hydrogens is 427 g/mol. The number of nitrogens with one attached hydrogen (secondary N) is 1. The first-order valence-corrected chi connectivity index (χ1v) is 11.0. The van der Waals surface area contributed by atoms with Crippen LogP contribution in [0.4, 0.5) is 4.39 Å². The second kappa shape index (κ2) is 9.72. The van der Waals surface area contributed by atoms with Crippen molar-refractivity contribution in [2.45, 2.75) is 44.1 Å². The molecule has 8 heteroatoms. The second-order valence-corrected chi connectivity index (χ2v) is 8.18. The van der Waals surface area contributed by atoms with Crippen molar-refractivity contribution in [3.8, 4) is 5.75 Å². The first-order valence-electron chi connectivity index (χ1n) is 11.0. The van der Waals surface area contributed by atoms with Gasteiger partial charge in [-0.05, 0) is 29.8 Å². The number of fused-ring (bicyclic) bond motifs is 3. The highest BCUT2D eigenvalue weighted by atomic mass is 19.1. The third kappa shape index (κ3) is 4.49. The lowest BCUT2D eigenvalue weighted by Gasteiger charge is -2.40. The third-order valence-corrected chi connectivity index (χ3v) is 6.13. The highest BCUT2D eigenvalue weighted by Gasteiger charge is 2.50. The van der Waals surface area contributed by atoms with Crippen molar-refractivity contribution in [3.05, 3.63) is 77.1 Å². The minimum Gasteiger partial charge on any atom is -0.486 e. The highest BCUT2D eigenvalue weighted by Crippen LogP contribution is 2.47. The molecule has 2 aromatic rings. The number of aliphatic hydroxyl groups excluding tert-OH is 2. The van der Waals surface area contributed by atoms with Gasteiger partial charge < -0.3 is 25.2 Å². The standard InChI is InChI=1S/C25H27FN2O5/c1-2-21(30)28(14-15-7-9-16(26)10-8-15)19-13-18(25(32)27-11-12-29)22-17-5-3-4-6-20(17)33-24(22)23(19)31/h3-10,13,19,22-24,29,31H,2,11-12,14H2,1H3,(H,27,32). The summed E-state index contributed by atoms with van der Waals surface area (Å²) in [5.74, 6) is -0.909. The maximum Gasteiger partial charge on any atom is 0.247 e. The fraction of sp³-hybridized carbons (Fsp3) is 0.360. The summed E-state index contributed by atoms with van der Waals surface area (Å²) in [6, 6.07) is 12.3. The van der Waals surface area contributed by atoms with Gasteiger partial charge in [-0.3, -0.25) is 9.59 Å². The van der Waals surface area contributed by atoms with E-state index in [1.165, 1.54) is 17.0 Å². The quantitative estimate of drug-likeness (QED) is 0.594. The normalized spacial score (nSPS) is 23.1. The summed E-state index contributed by atoms with van der Waals surface area (Å²) >= 11 is 0. The number of carbonyl (C=O) groups is 2. The molecule has 174 valence electrons. The maximum absolute atomic E-state index is 13.4. The van der Waals surface area contributed by atoms with E-state index in [1.54, 1.807) is 31.2 Å².